The minimum absolute atomic E-state index is 0. The van der Waals surface area contributed by atoms with Gasteiger partial charge >= 0.3 is 0 Å². The third-order valence-electron chi connectivity index (χ3n) is 3.28. The molecule has 1 aromatic heterocycles. The fourth-order valence-corrected chi connectivity index (χ4v) is 2.28. The highest BCUT2D eigenvalue weighted by Crippen LogP contribution is 2.41. The van der Waals surface area contributed by atoms with E-state index in [4.69, 9.17) is 4.74 Å². The first kappa shape index (κ1) is 13.6. The van der Waals surface area contributed by atoms with Crippen molar-refractivity contribution in [3.8, 4) is 11.5 Å². The van der Waals surface area contributed by atoms with E-state index in [0.717, 1.165) is 22.4 Å². The van der Waals surface area contributed by atoms with Crippen LogP contribution in [0.3, 0.4) is 0 Å². The number of pyridine rings is 1. The zero-order valence-corrected chi connectivity index (χ0v) is 11.1. The molecule has 2 heterocycles. The first-order valence-electron chi connectivity index (χ1n) is 5.80. The molecule has 1 aliphatic rings. The molecule has 1 unspecified atom stereocenters. The van der Waals surface area contributed by atoms with Gasteiger partial charge in [0.1, 0.15) is 11.9 Å². The molecule has 0 radical (unpaired) electrons. The Morgan fingerprint density at radius 3 is 2.58 bits per heavy atom. The second kappa shape index (κ2) is 5.07. The fourth-order valence-electron chi connectivity index (χ4n) is 2.28. The molecular formula is C14H14ClNO3. The minimum atomic E-state index is -0.270. The maximum atomic E-state index is 10.1. The molecule has 3 N–H and O–H groups in total. The molecule has 1 atom stereocenters. The molecule has 19 heavy (non-hydrogen) atoms. The molecule has 100 valence electrons. The summed E-state index contributed by atoms with van der Waals surface area (Å²) in [5.74, 6) is 0.474. The van der Waals surface area contributed by atoms with Gasteiger partial charge in [-0.2, -0.15) is 0 Å². The Labute approximate surface area is 117 Å². The third kappa shape index (κ3) is 2.25. The van der Waals surface area contributed by atoms with Gasteiger partial charge < -0.3 is 27.4 Å². The Bertz CT molecular complexity index is 598. The average Bonchev–Trinajstić information content (AvgIpc) is 2.79. The van der Waals surface area contributed by atoms with Crippen LogP contribution in [0.2, 0.25) is 0 Å². The molecule has 3 rings (SSSR count). The number of fused-ring (bicyclic) bond motifs is 1. The van der Waals surface area contributed by atoms with Crippen molar-refractivity contribution in [2.75, 3.05) is 0 Å². The standard InChI is InChI=1S/C14H13NO3.ClH/c1-8-13(17)12-10(6-15-8)7-18-14(12)9-2-4-11(16)5-3-9;/h2-6,14,16-17H,7H2,1H3;1H. The van der Waals surface area contributed by atoms with Gasteiger partial charge in [-0.05, 0) is 17.7 Å². The second-order valence-electron chi connectivity index (χ2n) is 4.48. The van der Waals surface area contributed by atoms with Crippen molar-refractivity contribution in [3.63, 3.8) is 0 Å². The first-order valence-corrected chi connectivity index (χ1v) is 5.80. The summed E-state index contributed by atoms with van der Waals surface area (Å²) in [4.78, 5) is 3.01. The Morgan fingerprint density at radius 2 is 1.89 bits per heavy atom. The molecule has 0 spiro atoms. The van der Waals surface area contributed by atoms with Crippen molar-refractivity contribution in [2.45, 2.75) is 19.6 Å². The zero-order chi connectivity index (χ0) is 12.7. The number of aromatic amines is 1. The molecule has 5 heteroatoms. The minimum Gasteiger partial charge on any atom is -1.00 e. The van der Waals surface area contributed by atoms with Gasteiger partial charge in [-0.25, -0.2) is 4.98 Å². The van der Waals surface area contributed by atoms with Crippen molar-refractivity contribution >= 4 is 0 Å². The Kier molecular flexibility index (Phi) is 3.64. The number of rotatable bonds is 1. The number of halogens is 1. The van der Waals surface area contributed by atoms with E-state index in [0.29, 0.717) is 6.61 Å². The van der Waals surface area contributed by atoms with E-state index >= 15 is 0 Å². The van der Waals surface area contributed by atoms with Crippen LogP contribution in [0, 0.1) is 6.92 Å². The number of aromatic hydroxyl groups is 2. The summed E-state index contributed by atoms with van der Waals surface area (Å²) in [5, 5.41) is 19.4. The molecule has 0 amide bonds. The van der Waals surface area contributed by atoms with Crippen LogP contribution in [0.5, 0.6) is 11.5 Å². The predicted molar refractivity (Wildman–Crippen MR) is 64.1 cm³/mol. The number of hydrogen-bond acceptors (Lipinski definition) is 3. The van der Waals surface area contributed by atoms with Gasteiger partial charge in [-0.3, -0.25) is 0 Å². The quantitative estimate of drug-likeness (QED) is 0.693. The van der Waals surface area contributed by atoms with Gasteiger partial charge in [0, 0.05) is 12.5 Å². The fraction of sp³-hybridized carbons (Fsp3) is 0.214. The van der Waals surface area contributed by atoms with Crippen LogP contribution >= 0.6 is 0 Å². The normalized spacial score (nSPS) is 16.8. The molecule has 4 nitrogen and oxygen atoms in total. The van der Waals surface area contributed by atoms with E-state index in [9.17, 15) is 10.2 Å². The second-order valence-corrected chi connectivity index (χ2v) is 4.48. The lowest BCUT2D eigenvalue weighted by Crippen LogP contribution is -3.00. The number of hydrogen-bond donors (Lipinski definition) is 2. The molecular weight excluding hydrogens is 266 g/mol. The van der Waals surface area contributed by atoms with Crippen molar-refractivity contribution in [2.24, 2.45) is 0 Å². The molecule has 1 aliphatic heterocycles. The largest absolute Gasteiger partial charge is 1.00 e. The Hall–Kier alpha value is -1.78. The lowest BCUT2D eigenvalue weighted by Gasteiger charge is -2.12. The molecule has 1 aromatic carbocycles. The van der Waals surface area contributed by atoms with E-state index in [1.165, 1.54) is 0 Å². The topological polar surface area (TPSA) is 63.8 Å². The number of H-pyrrole nitrogens is 1. The predicted octanol–water partition coefficient (Wildman–Crippen LogP) is -1.16. The maximum absolute atomic E-state index is 10.1. The smallest absolute Gasteiger partial charge is 0.219 e. The van der Waals surface area contributed by atoms with Gasteiger partial charge in [0.2, 0.25) is 5.69 Å². The number of nitrogens with one attached hydrogen (secondary N) is 1. The Balaban J connectivity index is 0.00000133. The van der Waals surface area contributed by atoms with Gasteiger partial charge in [-0.15, -0.1) is 0 Å². The summed E-state index contributed by atoms with van der Waals surface area (Å²) < 4.78 is 5.72. The van der Waals surface area contributed by atoms with Crippen molar-refractivity contribution in [1.82, 2.24) is 0 Å². The van der Waals surface area contributed by atoms with Crippen LogP contribution in [0.1, 0.15) is 28.5 Å². The van der Waals surface area contributed by atoms with Crippen LogP contribution in [-0.2, 0) is 11.3 Å². The summed E-state index contributed by atoms with van der Waals surface area (Å²) in [6.45, 7) is 2.30. The van der Waals surface area contributed by atoms with Gasteiger partial charge in [0.15, 0.2) is 11.9 Å². The average molecular weight is 280 g/mol. The summed E-state index contributed by atoms with van der Waals surface area (Å²) >= 11 is 0. The van der Waals surface area contributed by atoms with Gasteiger partial charge in [0.25, 0.3) is 0 Å². The van der Waals surface area contributed by atoms with Crippen molar-refractivity contribution < 1.29 is 32.3 Å². The monoisotopic (exact) mass is 279 g/mol. The van der Waals surface area contributed by atoms with Crippen LogP contribution in [0.4, 0.5) is 0 Å². The van der Waals surface area contributed by atoms with E-state index in [1.807, 2.05) is 13.1 Å². The van der Waals surface area contributed by atoms with Gasteiger partial charge in [0.05, 0.1) is 12.2 Å². The highest BCUT2D eigenvalue weighted by Gasteiger charge is 2.31. The van der Waals surface area contributed by atoms with E-state index in [2.05, 4.69) is 4.98 Å². The maximum Gasteiger partial charge on any atom is 0.219 e. The molecule has 0 saturated heterocycles. The number of benzene rings is 1. The van der Waals surface area contributed by atoms with Crippen molar-refractivity contribution in [3.05, 3.63) is 52.8 Å². The summed E-state index contributed by atoms with van der Waals surface area (Å²) in [7, 11) is 0. The SMILES string of the molecule is Cc1[nH+]cc2c(c1O)C(c1ccc(O)cc1)OC2.[Cl-]. The molecule has 0 fully saturated rings. The van der Waals surface area contributed by atoms with Crippen LogP contribution in [-0.4, -0.2) is 10.2 Å². The summed E-state index contributed by atoms with van der Waals surface area (Å²) in [6, 6.07) is 6.85. The first-order chi connectivity index (χ1) is 8.66. The number of ether oxygens (including phenoxy) is 1. The lowest BCUT2D eigenvalue weighted by atomic mass is 9.99. The lowest BCUT2D eigenvalue weighted by molar-refractivity contribution is -0.389. The van der Waals surface area contributed by atoms with Crippen LogP contribution in [0.15, 0.2) is 30.5 Å². The highest BCUT2D eigenvalue weighted by molar-refractivity contribution is 5.46. The van der Waals surface area contributed by atoms with Crippen LogP contribution < -0.4 is 17.4 Å². The Morgan fingerprint density at radius 1 is 1.21 bits per heavy atom. The third-order valence-corrected chi connectivity index (χ3v) is 3.28. The zero-order valence-electron chi connectivity index (χ0n) is 10.4. The van der Waals surface area contributed by atoms with E-state index in [1.54, 1.807) is 24.3 Å². The summed E-state index contributed by atoms with van der Waals surface area (Å²) in [5.41, 5.74) is 3.43. The van der Waals surface area contributed by atoms with E-state index in [-0.39, 0.29) is 30.0 Å². The number of phenolic OH excluding ortho intramolecular Hbond substituents is 1. The molecule has 2 aromatic rings. The molecule has 0 saturated carbocycles. The molecule has 0 aliphatic carbocycles. The van der Waals surface area contributed by atoms with Crippen LogP contribution in [0.25, 0.3) is 0 Å². The number of aryl methyl sites for hydroxylation is 1. The number of aromatic nitrogens is 1. The summed E-state index contributed by atoms with van der Waals surface area (Å²) in [6.07, 6.45) is 1.60. The van der Waals surface area contributed by atoms with Gasteiger partial charge in [-0.1, -0.05) is 12.1 Å². The van der Waals surface area contributed by atoms with Crippen molar-refractivity contribution in [1.29, 1.82) is 0 Å². The number of phenols is 1. The molecule has 0 bridgehead atoms. The highest BCUT2D eigenvalue weighted by atomic mass is 35.5. The van der Waals surface area contributed by atoms with E-state index < -0.39 is 0 Å².